The Kier molecular flexibility index (Phi) is 9.51. The van der Waals surface area contributed by atoms with E-state index in [0.29, 0.717) is 49.9 Å². The van der Waals surface area contributed by atoms with Crippen LogP contribution in [0.2, 0.25) is 0 Å². The minimum Gasteiger partial charge on any atom is -0.497 e. The number of hydrogen-bond acceptors (Lipinski definition) is 7. The van der Waals surface area contributed by atoms with E-state index in [0.717, 1.165) is 0 Å². The summed E-state index contributed by atoms with van der Waals surface area (Å²) < 4.78 is 58.0. The molecule has 1 amide bonds. The van der Waals surface area contributed by atoms with Crippen LogP contribution in [0.5, 0.6) is 5.75 Å². The van der Waals surface area contributed by atoms with Crippen molar-refractivity contribution in [1.29, 1.82) is 0 Å². The van der Waals surface area contributed by atoms with Crippen molar-refractivity contribution in [2.24, 2.45) is 0 Å². The van der Waals surface area contributed by atoms with Gasteiger partial charge in [-0.15, -0.1) is 0 Å². The molecule has 1 aliphatic heterocycles. The SMILES string of the molecule is COc1ccc(S(=O)(=O)N(CCN2CCOCC2)CC(=O)N(Cc2ccc(F)cc2)Cc2ccco2)cc1. The molecule has 4 rings (SSSR count). The molecule has 0 unspecified atom stereocenters. The molecule has 38 heavy (non-hydrogen) atoms. The Hall–Kier alpha value is -3.25. The van der Waals surface area contributed by atoms with E-state index in [9.17, 15) is 17.6 Å². The van der Waals surface area contributed by atoms with Gasteiger partial charge in [0.25, 0.3) is 0 Å². The third-order valence-electron chi connectivity index (χ3n) is 6.34. The summed E-state index contributed by atoms with van der Waals surface area (Å²) in [7, 11) is -2.49. The molecule has 2 aromatic carbocycles. The number of furan rings is 1. The van der Waals surface area contributed by atoms with E-state index in [1.54, 1.807) is 36.4 Å². The maximum atomic E-state index is 13.7. The number of nitrogens with zero attached hydrogens (tertiary/aromatic N) is 3. The molecule has 2 heterocycles. The topological polar surface area (TPSA) is 92.5 Å². The van der Waals surface area contributed by atoms with Gasteiger partial charge in [-0.2, -0.15) is 4.31 Å². The van der Waals surface area contributed by atoms with Crippen molar-refractivity contribution in [2.45, 2.75) is 18.0 Å². The van der Waals surface area contributed by atoms with E-state index < -0.39 is 15.9 Å². The van der Waals surface area contributed by atoms with Crippen LogP contribution in [-0.2, 0) is 32.6 Å². The van der Waals surface area contributed by atoms with Crippen molar-refractivity contribution >= 4 is 15.9 Å². The highest BCUT2D eigenvalue weighted by atomic mass is 32.2. The number of amides is 1. The standard InChI is InChI=1S/C27H32FN3O6S/c1-35-24-8-10-26(11-9-24)38(33,34)31(13-12-29-14-17-36-18-15-29)21-27(32)30(20-25-3-2-16-37-25)19-22-4-6-23(28)7-5-22/h2-11,16H,12-15,17-21H2,1H3. The summed E-state index contributed by atoms with van der Waals surface area (Å²) in [5.41, 5.74) is 0.712. The smallest absolute Gasteiger partial charge is 0.243 e. The predicted octanol–water partition coefficient (Wildman–Crippen LogP) is 2.98. The van der Waals surface area contributed by atoms with E-state index in [4.69, 9.17) is 13.9 Å². The molecule has 0 bridgehead atoms. The summed E-state index contributed by atoms with van der Waals surface area (Å²) in [5, 5.41) is 0. The Morgan fingerprint density at radius 1 is 1.03 bits per heavy atom. The number of sulfonamides is 1. The first kappa shape index (κ1) is 27.8. The first-order valence-electron chi connectivity index (χ1n) is 12.3. The number of morpholine rings is 1. The fourth-order valence-corrected chi connectivity index (χ4v) is 5.52. The Morgan fingerprint density at radius 2 is 1.74 bits per heavy atom. The molecule has 0 radical (unpaired) electrons. The van der Waals surface area contributed by atoms with Gasteiger partial charge in [-0.3, -0.25) is 9.69 Å². The molecule has 0 spiro atoms. The number of carbonyl (C=O) groups is 1. The van der Waals surface area contributed by atoms with Gasteiger partial charge in [0.1, 0.15) is 17.3 Å². The predicted molar refractivity (Wildman–Crippen MR) is 138 cm³/mol. The number of carbonyl (C=O) groups excluding carboxylic acids is 1. The van der Waals surface area contributed by atoms with Gasteiger partial charge < -0.3 is 18.8 Å². The van der Waals surface area contributed by atoms with Gasteiger partial charge >= 0.3 is 0 Å². The molecule has 1 aliphatic rings. The fraction of sp³-hybridized carbons (Fsp3) is 0.370. The zero-order chi connectivity index (χ0) is 27.0. The van der Waals surface area contributed by atoms with E-state index >= 15 is 0 Å². The Bertz CT molecular complexity index is 1260. The molecular weight excluding hydrogens is 513 g/mol. The normalized spacial score (nSPS) is 14.5. The van der Waals surface area contributed by atoms with Gasteiger partial charge in [0.2, 0.25) is 15.9 Å². The van der Waals surface area contributed by atoms with Crippen LogP contribution in [0, 0.1) is 5.82 Å². The van der Waals surface area contributed by atoms with Crippen molar-refractivity contribution in [3.63, 3.8) is 0 Å². The lowest BCUT2D eigenvalue weighted by molar-refractivity contribution is -0.133. The van der Waals surface area contributed by atoms with E-state index in [1.165, 1.54) is 46.8 Å². The van der Waals surface area contributed by atoms with E-state index in [-0.39, 0.29) is 36.9 Å². The highest BCUT2D eigenvalue weighted by Gasteiger charge is 2.29. The van der Waals surface area contributed by atoms with Gasteiger partial charge in [-0.25, -0.2) is 12.8 Å². The van der Waals surface area contributed by atoms with Gasteiger partial charge in [0.05, 0.1) is 44.6 Å². The summed E-state index contributed by atoms with van der Waals surface area (Å²) in [6, 6.07) is 15.4. The lowest BCUT2D eigenvalue weighted by Crippen LogP contribution is -2.47. The molecular formula is C27H32FN3O6S. The molecule has 3 aromatic rings. The second kappa shape index (κ2) is 13.0. The largest absolute Gasteiger partial charge is 0.497 e. The Morgan fingerprint density at radius 3 is 2.37 bits per heavy atom. The van der Waals surface area contributed by atoms with Crippen LogP contribution in [0.25, 0.3) is 0 Å². The fourth-order valence-electron chi connectivity index (χ4n) is 4.14. The maximum absolute atomic E-state index is 13.7. The van der Waals surface area contributed by atoms with Gasteiger partial charge in [0, 0.05) is 32.7 Å². The number of halogens is 1. The van der Waals surface area contributed by atoms with E-state index in [1.807, 2.05) is 0 Å². The van der Waals surface area contributed by atoms with Gasteiger partial charge in [-0.05, 0) is 54.1 Å². The zero-order valence-corrected chi connectivity index (χ0v) is 22.1. The minimum atomic E-state index is -4.00. The number of methoxy groups -OCH3 is 1. The molecule has 1 aromatic heterocycles. The number of ether oxygens (including phenoxy) is 2. The summed E-state index contributed by atoms with van der Waals surface area (Å²) in [6.45, 7) is 3.09. The van der Waals surface area contributed by atoms with Crippen molar-refractivity contribution in [2.75, 3.05) is 53.0 Å². The number of rotatable bonds is 12. The molecule has 11 heteroatoms. The quantitative estimate of drug-likeness (QED) is 0.346. The second-order valence-electron chi connectivity index (χ2n) is 8.92. The van der Waals surface area contributed by atoms with Crippen LogP contribution in [0.1, 0.15) is 11.3 Å². The number of hydrogen-bond donors (Lipinski definition) is 0. The molecule has 0 aliphatic carbocycles. The minimum absolute atomic E-state index is 0.0733. The highest BCUT2D eigenvalue weighted by molar-refractivity contribution is 7.89. The number of benzene rings is 2. The summed E-state index contributed by atoms with van der Waals surface area (Å²) in [6.07, 6.45) is 1.51. The second-order valence-corrected chi connectivity index (χ2v) is 10.9. The lowest BCUT2D eigenvalue weighted by Gasteiger charge is -2.31. The molecule has 0 atom stereocenters. The summed E-state index contributed by atoms with van der Waals surface area (Å²) in [5.74, 6) is 0.310. The van der Waals surface area contributed by atoms with Crippen LogP contribution < -0.4 is 4.74 Å². The van der Waals surface area contributed by atoms with Gasteiger partial charge in [-0.1, -0.05) is 12.1 Å². The van der Waals surface area contributed by atoms with Crippen molar-refractivity contribution in [3.8, 4) is 5.75 Å². The van der Waals surface area contributed by atoms with Crippen molar-refractivity contribution in [1.82, 2.24) is 14.1 Å². The monoisotopic (exact) mass is 545 g/mol. The summed E-state index contributed by atoms with van der Waals surface area (Å²) in [4.78, 5) is 17.3. The van der Waals surface area contributed by atoms with Crippen molar-refractivity contribution in [3.05, 3.63) is 84.1 Å². The van der Waals surface area contributed by atoms with Crippen molar-refractivity contribution < 1.29 is 31.5 Å². The van der Waals surface area contributed by atoms with Crippen LogP contribution in [0.3, 0.4) is 0 Å². The van der Waals surface area contributed by atoms with Crippen LogP contribution >= 0.6 is 0 Å². The van der Waals surface area contributed by atoms with Gasteiger partial charge in [0.15, 0.2) is 0 Å². The maximum Gasteiger partial charge on any atom is 0.243 e. The lowest BCUT2D eigenvalue weighted by atomic mass is 10.2. The first-order valence-corrected chi connectivity index (χ1v) is 13.8. The molecule has 0 N–H and O–H groups in total. The Balaban J connectivity index is 1.57. The van der Waals surface area contributed by atoms with Crippen LogP contribution in [-0.4, -0.2) is 81.5 Å². The molecule has 1 saturated heterocycles. The Labute approximate surface area is 222 Å². The average molecular weight is 546 g/mol. The molecule has 204 valence electrons. The molecule has 1 fully saturated rings. The van der Waals surface area contributed by atoms with Crippen LogP contribution in [0.15, 0.2) is 76.2 Å². The first-order chi connectivity index (χ1) is 18.3. The zero-order valence-electron chi connectivity index (χ0n) is 21.3. The highest BCUT2D eigenvalue weighted by Crippen LogP contribution is 2.21. The van der Waals surface area contributed by atoms with Crippen LogP contribution in [0.4, 0.5) is 4.39 Å². The third kappa shape index (κ3) is 7.41. The van der Waals surface area contributed by atoms with E-state index in [2.05, 4.69) is 4.90 Å². The summed E-state index contributed by atoms with van der Waals surface area (Å²) >= 11 is 0. The average Bonchev–Trinajstić information content (AvgIpc) is 3.45. The molecule has 0 saturated carbocycles. The third-order valence-corrected chi connectivity index (χ3v) is 8.20. The molecule has 9 nitrogen and oxygen atoms in total.